The monoisotopic (exact) mass is 544 g/mol. The molecule has 0 aromatic heterocycles. The molecule has 0 atom stereocenters. The fourth-order valence-corrected chi connectivity index (χ4v) is 4.43. The lowest BCUT2D eigenvalue weighted by molar-refractivity contribution is 0.102. The molecule has 4 N–H and O–H groups in total. The van der Waals surface area contributed by atoms with Crippen molar-refractivity contribution >= 4 is 17.3 Å². The van der Waals surface area contributed by atoms with E-state index in [9.17, 15) is 4.79 Å². The van der Waals surface area contributed by atoms with Gasteiger partial charge in [0.2, 0.25) is 0 Å². The van der Waals surface area contributed by atoms with E-state index in [0.29, 0.717) is 22.7 Å². The number of anilines is 2. The lowest BCUT2D eigenvalue weighted by Gasteiger charge is -2.26. The minimum Gasteiger partial charge on any atom is -0.457 e. The lowest BCUT2D eigenvalue weighted by atomic mass is 9.78. The van der Waals surface area contributed by atoms with Gasteiger partial charge in [-0.05, 0) is 102 Å². The summed E-state index contributed by atoms with van der Waals surface area (Å²) in [4.78, 5) is 12.5. The third-order valence-electron chi connectivity index (χ3n) is 7.01. The number of ether oxygens (including phenoxy) is 2. The maximum atomic E-state index is 12.5. The molecule has 1 amide bonds. The van der Waals surface area contributed by atoms with E-state index < -0.39 is 0 Å². The molecule has 0 saturated carbocycles. The normalized spacial score (nSPS) is 11.1. The average molecular weight is 545 g/mol. The first-order valence-electron chi connectivity index (χ1n) is 13.3. The molecule has 0 fully saturated rings. The van der Waals surface area contributed by atoms with E-state index in [1.165, 1.54) is 0 Å². The van der Waals surface area contributed by atoms with Crippen LogP contribution in [-0.4, -0.2) is 11.0 Å². The topological polar surface area (TPSA) is 93.8 Å². The third kappa shape index (κ3) is 6.75. The molecule has 0 aliphatic heterocycles. The Bertz CT molecular complexity index is 1590. The van der Waals surface area contributed by atoms with Crippen molar-refractivity contribution in [1.29, 1.82) is 0 Å². The van der Waals surface area contributed by atoms with Crippen molar-refractivity contribution in [3.63, 3.8) is 0 Å². The Kier molecular flexibility index (Phi) is 8.04. The van der Waals surface area contributed by atoms with Gasteiger partial charge in [0.1, 0.15) is 23.0 Å². The number of nitrogens with one attached hydrogen (secondary N) is 1. The van der Waals surface area contributed by atoms with Crippen LogP contribution in [0.5, 0.6) is 23.0 Å². The molecule has 0 spiro atoms. The van der Waals surface area contributed by atoms with Crippen LogP contribution < -0.4 is 20.5 Å². The van der Waals surface area contributed by atoms with E-state index in [0.717, 1.165) is 33.9 Å². The summed E-state index contributed by atoms with van der Waals surface area (Å²) >= 11 is 0. The molecule has 6 heteroatoms. The van der Waals surface area contributed by atoms with Gasteiger partial charge in [-0.15, -0.1) is 0 Å². The smallest absolute Gasteiger partial charge is 0.255 e. The van der Waals surface area contributed by atoms with Crippen LogP contribution >= 0.6 is 0 Å². The molecule has 0 aliphatic carbocycles. The van der Waals surface area contributed by atoms with Crippen molar-refractivity contribution in [3.05, 3.63) is 144 Å². The minimum atomic E-state index is -0.226. The molecule has 5 aromatic carbocycles. The number of hydrogen-bond donors (Lipinski definition) is 3. The number of aliphatic hydroxyl groups excluding tert-OH is 1. The molecule has 0 aliphatic rings. The number of carbonyl (C=O) groups is 1. The zero-order chi connectivity index (χ0) is 28.8. The van der Waals surface area contributed by atoms with Crippen LogP contribution in [0.25, 0.3) is 0 Å². The largest absolute Gasteiger partial charge is 0.457 e. The number of benzene rings is 5. The zero-order valence-corrected chi connectivity index (χ0v) is 23.0. The number of aliphatic hydroxyl groups is 1. The highest BCUT2D eigenvalue weighted by atomic mass is 16.5. The number of carbonyl (C=O) groups excluding carboxylic acids is 1. The first-order valence-corrected chi connectivity index (χ1v) is 13.3. The molecule has 206 valence electrons. The predicted octanol–water partition coefficient (Wildman–Crippen LogP) is 7.92. The second-order valence-electron chi connectivity index (χ2n) is 10.3. The first-order chi connectivity index (χ1) is 19.8. The zero-order valence-electron chi connectivity index (χ0n) is 23.0. The Morgan fingerprint density at radius 2 is 1.07 bits per heavy atom. The number of hydrogen-bond acceptors (Lipinski definition) is 5. The highest BCUT2D eigenvalue weighted by molar-refractivity contribution is 6.04. The van der Waals surface area contributed by atoms with E-state index in [-0.39, 0.29) is 17.9 Å². The molecule has 5 aromatic rings. The van der Waals surface area contributed by atoms with Gasteiger partial charge in [0.15, 0.2) is 0 Å². The summed E-state index contributed by atoms with van der Waals surface area (Å²) in [5.74, 6) is 2.67. The van der Waals surface area contributed by atoms with Crippen molar-refractivity contribution in [2.75, 3.05) is 11.1 Å². The molecule has 0 unspecified atom stereocenters. The van der Waals surface area contributed by atoms with Crippen molar-refractivity contribution in [2.45, 2.75) is 25.9 Å². The number of nitrogens with two attached hydrogens (primary N) is 1. The van der Waals surface area contributed by atoms with Crippen molar-refractivity contribution < 1.29 is 19.4 Å². The SMILES string of the molecule is CC(C)(c1ccc(Oc2ccc(N)cc2)cc1)c1ccc(Oc2ccc(NC(=O)c3ccc(CO)cc3)cc2)cc1. The summed E-state index contributed by atoms with van der Waals surface area (Å²) in [6.07, 6.45) is 0. The Hall–Kier alpha value is -5.07. The Balaban J connectivity index is 1.19. The van der Waals surface area contributed by atoms with E-state index in [1.54, 1.807) is 36.4 Å². The Morgan fingerprint density at radius 1 is 0.659 bits per heavy atom. The number of amides is 1. The van der Waals surface area contributed by atoms with Crippen LogP contribution in [0.4, 0.5) is 11.4 Å². The first kappa shape index (κ1) is 27.5. The quantitative estimate of drug-likeness (QED) is 0.164. The summed E-state index contributed by atoms with van der Waals surface area (Å²) in [7, 11) is 0. The van der Waals surface area contributed by atoms with E-state index in [2.05, 4.69) is 43.4 Å². The summed E-state index contributed by atoms with van der Waals surface area (Å²) in [5.41, 5.74) is 10.5. The van der Waals surface area contributed by atoms with E-state index >= 15 is 0 Å². The highest BCUT2D eigenvalue weighted by Crippen LogP contribution is 2.35. The molecular formula is C35H32N2O4. The molecule has 0 saturated heterocycles. The van der Waals surface area contributed by atoms with Crippen LogP contribution in [0.1, 0.15) is 40.9 Å². The number of nitrogen functional groups attached to an aromatic ring is 1. The maximum Gasteiger partial charge on any atom is 0.255 e. The predicted molar refractivity (Wildman–Crippen MR) is 163 cm³/mol. The third-order valence-corrected chi connectivity index (χ3v) is 7.01. The van der Waals surface area contributed by atoms with Crippen LogP contribution in [-0.2, 0) is 12.0 Å². The summed E-state index contributed by atoms with van der Waals surface area (Å²) < 4.78 is 12.0. The number of rotatable bonds is 9. The highest BCUT2D eigenvalue weighted by Gasteiger charge is 2.23. The molecule has 0 heterocycles. The Morgan fingerprint density at radius 3 is 1.51 bits per heavy atom. The van der Waals surface area contributed by atoms with Crippen molar-refractivity contribution in [1.82, 2.24) is 0 Å². The van der Waals surface area contributed by atoms with Gasteiger partial charge in [0.25, 0.3) is 5.91 Å². The molecule has 6 nitrogen and oxygen atoms in total. The molecule has 0 bridgehead atoms. The molecule has 0 radical (unpaired) electrons. The second kappa shape index (κ2) is 12.0. The van der Waals surface area contributed by atoms with Crippen LogP contribution in [0.2, 0.25) is 0 Å². The minimum absolute atomic E-state index is 0.0555. The van der Waals surface area contributed by atoms with Gasteiger partial charge in [-0.2, -0.15) is 0 Å². The second-order valence-corrected chi connectivity index (χ2v) is 10.3. The van der Waals surface area contributed by atoms with E-state index in [4.69, 9.17) is 20.3 Å². The average Bonchev–Trinajstić information content (AvgIpc) is 3.00. The lowest BCUT2D eigenvalue weighted by Crippen LogP contribution is -2.18. The van der Waals surface area contributed by atoms with Gasteiger partial charge >= 0.3 is 0 Å². The fourth-order valence-electron chi connectivity index (χ4n) is 4.43. The van der Waals surface area contributed by atoms with Crippen molar-refractivity contribution in [3.8, 4) is 23.0 Å². The van der Waals surface area contributed by atoms with Gasteiger partial charge in [-0.25, -0.2) is 0 Å². The molecule has 41 heavy (non-hydrogen) atoms. The Labute approximate surface area is 240 Å². The summed E-state index contributed by atoms with van der Waals surface area (Å²) in [6.45, 7) is 4.32. The molecule has 5 rings (SSSR count). The summed E-state index contributed by atoms with van der Waals surface area (Å²) in [5, 5.41) is 12.0. The van der Waals surface area contributed by atoms with Gasteiger partial charge in [0, 0.05) is 22.4 Å². The van der Waals surface area contributed by atoms with Crippen LogP contribution in [0.15, 0.2) is 121 Å². The van der Waals surface area contributed by atoms with Gasteiger partial charge in [-0.3, -0.25) is 4.79 Å². The van der Waals surface area contributed by atoms with E-state index in [1.807, 2.05) is 60.7 Å². The fraction of sp³-hybridized carbons (Fsp3) is 0.114. The van der Waals surface area contributed by atoms with Gasteiger partial charge in [0.05, 0.1) is 6.61 Å². The van der Waals surface area contributed by atoms with Gasteiger partial charge < -0.3 is 25.6 Å². The summed E-state index contributed by atoms with van der Waals surface area (Å²) in [6, 6.07) is 37.6. The molecular weight excluding hydrogens is 512 g/mol. The van der Waals surface area contributed by atoms with Crippen LogP contribution in [0.3, 0.4) is 0 Å². The maximum absolute atomic E-state index is 12.5. The van der Waals surface area contributed by atoms with Gasteiger partial charge in [-0.1, -0.05) is 50.2 Å². The van der Waals surface area contributed by atoms with Crippen molar-refractivity contribution in [2.24, 2.45) is 0 Å². The van der Waals surface area contributed by atoms with Crippen LogP contribution in [0, 0.1) is 0 Å². The standard InChI is InChI=1S/C35H32N2O4/c1-35(2,26-7-15-30(16-8-26)40-32-19-11-28(36)12-20-32)27-9-17-31(18-10-27)41-33-21-13-29(14-22-33)37-34(39)25-5-3-24(23-38)4-6-25/h3-22,38H,23,36H2,1-2H3,(H,37,39).